The van der Waals surface area contributed by atoms with Crippen LogP contribution in [0.5, 0.6) is 5.75 Å². The number of para-hydroxylation sites is 1. The maximum atomic E-state index is 14.4. The lowest BCUT2D eigenvalue weighted by Gasteiger charge is -2.34. The summed E-state index contributed by atoms with van der Waals surface area (Å²) in [6, 6.07) is 30.1. The van der Waals surface area contributed by atoms with Gasteiger partial charge in [-0.2, -0.15) is 0 Å². The van der Waals surface area contributed by atoms with Crippen LogP contribution in [-0.2, 0) is 32.6 Å². The lowest BCUT2D eigenvalue weighted by atomic mass is 10.0. The van der Waals surface area contributed by atoms with E-state index in [4.69, 9.17) is 16.3 Å². The molecule has 1 N–H and O–H groups in total. The highest BCUT2D eigenvalue weighted by Gasteiger charge is 2.34. The van der Waals surface area contributed by atoms with Crippen molar-refractivity contribution in [3.63, 3.8) is 0 Å². The lowest BCUT2D eigenvalue weighted by molar-refractivity contribution is -0.140. The number of sulfonamides is 1. The molecular formula is C35H38ClN3O5S. The van der Waals surface area contributed by atoms with Crippen molar-refractivity contribution < 1.29 is 22.7 Å². The molecule has 0 saturated carbocycles. The highest BCUT2D eigenvalue weighted by molar-refractivity contribution is 7.92. The van der Waals surface area contributed by atoms with Gasteiger partial charge in [0.1, 0.15) is 18.3 Å². The summed E-state index contributed by atoms with van der Waals surface area (Å²) in [5.41, 5.74) is 1.88. The molecule has 2 amide bonds. The number of rotatable bonds is 15. The van der Waals surface area contributed by atoms with Crippen molar-refractivity contribution in [3.8, 4) is 5.75 Å². The summed E-state index contributed by atoms with van der Waals surface area (Å²) >= 11 is 6.29. The van der Waals surface area contributed by atoms with Crippen LogP contribution in [0.3, 0.4) is 0 Å². The van der Waals surface area contributed by atoms with Crippen LogP contribution < -0.4 is 14.4 Å². The number of carbonyl (C=O) groups is 2. The SMILES string of the molecule is CCCNC(=O)[C@H](Cc1ccccc1)N(Cc1cccc(Cl)c1)C(=O)CN(c1ccccc1)S(=O)(=O)c1ccc(OCC)cc1. The van der Waals surface area contributed by atoms with E-state index in [1.165, 1.54) is 17.0 Å². The molecule has 0 bridgehead atoms. The molecule has 236 valence electrons. The summed E-state index contributed by atoms with van der Waals surface area (Å²) in [7, 11) is -4.20. The highest BCUT2D eigenvalue weighted by atomic mass is 35.5. The molecule has 0 unspecified atom stereocenters. The molecule has 0 aliphatic carbocycles. The monoisotopic (exact) mass is 647 g/mol. The maximum Gasteiger partial charge on any atom is 0.264 e. The van der Waals surface area contributed by atoms with E-state index in [9.17, 15) is 18.0 Å². The number of nitrogens with zero attached hydrogens (tertiary/aromatic N) is 2. The fraction of sp³-hybridized carbons (Fsp3) is 0.257. The number of carbonyl (C=O) groups excluding carboxylic acids is 2. The highest BCUT2D eigenvalue weighted by Crippen LogP contribution is 2.26. The number of hydrogen-bond acceptors (Lipinski definition) is 5. The van der Waals surface area contributed by atoms with Gasteiger partial charge in [-0.25, -0.2) is 8.42 Å². The van der Waals surface area contributed by atoms with E-state index in [0.717, 1.165) is 9.87 Å². The van der Waals surface area contributed by atoms with Crippen LogP contribution in [-0.4, -0.2) is 50.9 Å². The maximum absolute atomic E-state index is 14.4. The number of ether oxygens (including phenoxy) is 1. The van der Waals surface area contributed by atoms with Crippen LogP contribution in [0.25, 0.3) is 0 Å². The average Bonchev–Trinajstić information content (AvgIpc) is 3.05. The van der Waals surface area contributed by atoms with Crippen molar-refractivity contribution in [1.29, 1.82) is 0 Å². The Kier molecular flexibility index (Phi) is 12.0. The quantitative estimate of drug-likeness (QED) is 0.168. The van der Waals surface area contributed by atoms with Gasteiger partial charge in [-0.3, -0.25) is 13.9 Å². The van der Waals surface area contributed by atoms with Gasteiger partial charge in [0.2, 0.25) is 11.8 Å². The van der Waals surface area contributed by atoms with Gasteiger partial charge in [0.25, 0.3) is 10.0 Å². The summed E-state index contributed by atoms with van der Waals surface area (Å²) in [5.74, 6) is -0.328. The molecule has 4 aromatic rings. The van der Waals surface area contributed by atoms with E-state index in [1.807, 2.05) is 50.2 Å². The van der Waals surface area contributed by atoms with Crippen LogP contribution in [0.15, 0.2) is 114 Å². The Balaban J connectivity index is 1.77. The molecular weight excluding hydrogens is 610 g/mol. The van der Waals surface area contributed by atoms with Crippen LogP contribution in [0.1, 0.15) is 31.4 Å². The van der Waals surface area contributed by atoms with Gasteiger partial charge in [0, 0.05) is 24.5 Å². The van der Waals surface area contributed by atoms with E-state index < -0.39 is 28.5 Å². The third-order valence-corrected chi connectivity index (χ3v) is 9.13. The van der Waals surface area contributed by atoms with E-state index in [0.29, 0.717) is 41.6 Å². The molecule has 45 heavy (non-hydrogen) atoms. The molecule has 4 aromatic carbocycles. The van der Waals surface area contributed by atoms with E-state index >= 15 is 0 Å². The molecule has 0 heterocycles. The smallest absolute Gasteiger partial charge is 0.264 e. The first-order chi connectivity index (χ1) is 21.7. The molecule has 1 atom stereocenters. The molecule has 0 aliphatic heterocycles. The van der Waals surface area contributed by atoms with Gasteiger partial charge in [-0.05, 0) is 73.0 Å². The summed E-state index contributed by atoms with van der Waals surface area (Å²) in [4.78, 5) is 29.6. The van der Waals surface area contributed by atoms with Gasteiger partial charge in [0.05, 0.1) is 17.2 Å². The fourth-order valence-electron chi connectivity index (χ4n) is 4.88. The standard InChI is InChI=1S/C35H38ClN3O5S/c1-3-22-37-35(41)33(24-27-12-7-5-8-13-27)38(25-28-14-11-15-29(36)23-28)34(40)26-39(30-16-9-6-10-17-30)45(42,43)32-20-18-31(19-21-32)44-4-2/h5-21,23,33H,3-4,22,24-26H2,1-2H3,(H,37,41)/t33-/m0/s1. The zero-order valence-electron chi connectivity index (χ0n) is 25.4. The van der Waals surface area contributed by atoms with E-state index in [2.05, 4.69) is 5.32 Å². The average molecular weight is 648 g/mol. The summed E-state index contributed by atoms with van der Waals surface area (Å²) < 4.78 is 34.8. The number of anilines is 1. The molecule has 0 spiro atoms. The number of nitrogens with one attached hydrogen (secondary N) is 1. The first kappa shape index (κ1) is 33.6. The van der Waals surface area contributed by atoms with Gasteiger partial charge in [-0.1, -0.05) is 79.2 Å². The first-order valence-electron chi connectivity index (χ1n) is 14.9. The normalized spacial score (nSPS) is 11.8. The molecule has 0 radical (unpaired) electrons. The van der Waals surface area contributed by atoms with Crippen molar-refractivity contribution in [2.24, 2.45) is 0 Å². The molecule has 4 rings (SSSR count). The Morgan fingerprint density at radius 1 is 0.844 bits per heavy atom. The molecule has 0 aliphatic rings. The Morgan fingerprint density at radius 3 is 2.11 bits per heavy atom. The molecule has 0 aromatic heterocycles. The van der Waals surface area contributed by atoms with Crippen LogP contribution in [0, 0.1) is 0 Å². The predicted octanol–water partition coefficient (Wildman–Crippen LogP) is 6.10. The van der Waals surface area contributed by atoms with Gasteiger partial charge < -0.3 is 15.0 Å². The molecule has 10 heteroatoms. The van der Waals surface area contributed by atoms with E-state index in [1.54, 1.807) is 60.7 Å². The molecule has 8 nitrogen and oxygen atoms in total. The second kappa shape index (κ2) is 16.1. The second-order valence-corrected chi connectivity index (χ2v) is 12.7. The van der Waals surface area contributed by atoms with Crippen molar-refractivity contribution in [2.45, 2.75) is 44.2 Å². The number of benzene rings is 4. The van der Waals surface area contributed by atoms with Gasteiger partial charge >= 0.3 is 0 Å². The summed E-state index contributed by atoms with van der Waals surface area (Å²) in [6.07, 6.45) is 0.952. The van der Waals surface area contributed by atoms with Gasteiger partial charge in [0.15, 0.2) is 0 Å². The van der Waals surface area contributed by atoms with Crippen LogP contribution >= 0.6 is 11.6 Å². The van der Waals surface area contributed by atoms with Gasteiger partial charge in [-0.15, -0.1) is 0 Å². The third-order valence-electron chi connectivity index (χ3n) is 7.11. The van der Waals surface area contributed by atoms with Crippen molar-refractivity contribution >= 4 is 39.1 Å². The van der Waals surface area contributed by atoms with Crippen molar-refractivity contribution in [3.05, 3.63) is 125 Å². The number of halogens is 1. The Hall–Kier alpha value is -4.34. The lowest BCUT2D eigenvalue weighted by Crippen LogP contribution is -2.53. The zero-order valence-corrected chi connectivity index (χ0v) is 27.0. The minimum Gasteiger partial charge on any atom is -0.494 e. The largest absolute Gasteiger partial charge is 0.494 e. The topological polar surface area (TPSA) is 96.0 Å². The Morgan fingerprint density at radius 2 is 1.49 bits per heavy atom. The number of hydrogen-bond donors (Lipinski definition) is 1. The molecule has 0 fully saturated rings. The minimum absolute atomic E-state index is 0.00511. The van der Waals surface area contributed by atoms with Crippen molar-refractivity contribution in [1.82, 2.24) is 10.2 Å². The fourth-order valence-corrected chi connectivity index (χ4v) is 6.50. The van der Waals surface area contributed by atoms with E-state index in [-0.39, 0.29) is 23.8 Å². The summed E-state index contributed by atoms with van der Waals surface area (Å²) in [5, 5.41) is 3.42. The summed E-state index contributed by atoms with van der Waals surface area (Å²) in [6.45, 7) is 4.18. The van der Waals surface area contributed by atoms with Crippen LogP contribution in [0.2, 0.25) is 5.02 Å². The number of amides is 2. The third kappa shape index (κ3) is 9.09. The van der Waals surface area contributed by atoms with Crippen LogP contribution in [0.4, 0.5) is 5.69 Å². The Labute approximate surface area is 270 Å². The minimum atomic E-state index is -4.20. The van der Waals surface area contributed by atoms with Crippen molar-refractivity contribution in [2.75, 3.05) is 24.0 Å². The molecule has 0 saturated heterocycles. The Bertz CT molecular complexity index is 1650. The predicted molar refractivity (Wildman–Crippen MR) is 178 cm³/mol. The second-order valence-electron chi connectivity index (χ2n) is 10.4. The first-order valence-corrected chi connectivity index (χ1v) is 16.7. The zero-order chi connectivity index (χ0) is 32.2.